The molecule has 1 aliphatic heterocycles. The van der Waals surface area contributed by atoms with Crippen molar-refractivity contribution in [3.63, 3.8) is 0 Å². The SMILES string of the molecule is Cl.NCC1CCCN1C(=O)c1ccc(SC(F)(F)F)cc1. The number of hydrogen-bond donors (Lipinski definition) is 1. The van der Waals surface area contributed by atoms with Crippen molar-refractivity contribution in [2.75, 3.05) is 13.1 Å². The Bertz CT molecular complexity index is 481. The van der Waals surface area contributed by atoms with Crippen LogP contribution in [0.25, 0.3) is 0 Å². The van der Waals surface area contributed by atoms with Crippen molar-refractivity contribution in [3.8, 4) is 0 Å². The zero-order valence-electron chi connectivity index (χ0n) is 11.1. The first-order valence-electron chi connectivity index (χ1n) is 6.27. The van der Waals surface area contributed by atoms with Gasteiger partial charge in [0.1, 0.15) is 0 Å². The Labute approximate surface area is 131 Å². The lowest BCUT2D eigenvalue weighted by Gasteiger charge is -2.23. The van der Waals surface area contributed by atoms with E-state index >= 15 is 0 Å². The highest BCUT2D eigenvalue weighted by Gasteiger charge is 2.30. The molecule has 1 unspecified atom stereocenters. The van der Waals surface area contributed by atoms with Crippen LogP contribution in [0.15, 0.2) is 29.2 Å². The summed E-state index contributed by atoms with van der Waals surface area (Å²) < 4.78 is 36.7. The molecular weight excluding hydrogens is 325 g/mol. The van der Waals surface area contributed by atoms with Crippen LogP contribution >= 0.6 is 24.2 Å². The minimum absolute atomic E-state index is 0. The van der Waals surface area contributed by atoms with Crippen LogP contribution in [0.2, 0.25) is 0 Å². The number of hydrogen-bond acceptors (Lipinski definition) is 3. The second kappa shape index (κ2) is 7.38. The highest BCUT2D eigenvalue weighted by atomic mass is 35.5. The van der Waals surface area contributed by atoms with Crippen molar-refractivity contribution in [1.29, 1.82) is 0 Å². The van der Waals surface area contributed by atoms with Crippen molar-refractivity contribution in [1.82, 2.24) is 4.90 Å². The summed E-state index contributed by atoms with van der Waals surface area (Å²) in [6, 6.07) is 5.54. The molecule has 1 atom stereocenters. The molecule has 118 valence electrons. The molecule has 0 bridgehead atoms. The number of benzene rings is 1. The van der Waals surface area contributed by atoms with E-state index < -0.39 is 5.51 Å². The molecule has 1 heterocycles. The van der Waals surface area contributed by atoms with E-state index in [9.17, 15) is 18.0 Å². The van der Waals surface area contributed by atoms with E-state index in [-0.39, 0.29) is 41.0 Å². The fraction of sp³-hybridized carbons (Fsp3) is 0.462. The molecule has 0 aliphatic carbocycles. The Morgan fingerprint density at radius 1 is 1.33 bits per heavy atom. The zero-order valence-corrected chi connectivity index (χ0v) is 12.7. The van der Waals surface area contributed by atoms with Crippen LogP contribution < -0.4 is 5.73 Å². The van der Waals surface area contributed by atoms with Gasteiger partial charge in [-0.1, -0.05) is 0 Å². The smallest absolute Gasteiger partial charge is 0.334 e. The van der Waals surface area contributed by atoms with Gasteiger partial charge in [-0.25, -0.2) is 0 Å². The maximum atomic E-state index is 12.3. The number of nitrogens with zero attached hydrogens (tertiary/aromatic N) is 1. The van der Waals surface area contributed by atoms with E-state index in [4.69, 9.17) is 5.73 Å². The fourth-order valence-corrected chi connectivity index (χ4v) is 2.85. The average Bonchev–Trinajstić information content (AvgIpc) is 2.85. The van der Waals surface area contributed by atoms with E-state index in [1.54, 1.807) is 4.90 Å². The van der Waals surface area contributed by atoms with Gasteiger partial charge < -0.3 is 10.6 Å². The van der Waals surface area contributed by atoms with Gasteiger partial charge in [0, 0.05) is 29.6 Å². The average molecular weight is 341 g/mol. The third-order valence-electron chi connectivity index (χ3n) is 3.24. The number of carbonyl (C=O) groups excluding carboxylic acids is 1. The summed E-state index contributed by atoms with van der Waals surface area (Å²) in [5.74, 6) is -0.165. The Balaban J connectivity index is 0.00000220. The fourth-order valence-electron chi connectivity index (χ4n) is 2.31. The van der Waals surface area contributed by atoms with Crippen LogP contribution in [0.5, 0.6) is 0 Å². The first-order valence-corrected chi connectivity index (χ1v) is 7.09. The van der Waals surface area contributed by atoms with Crippen LogP contribution in [0.4, 0.5) is 13.2 Å². The van der Waals surface area contributed by atoms with Crippen molar-refractivity contribution >= 4 is 30.1 Å². The zero-order chi connectivity index (χ0) is 14.8. The quantitative estimate of drug-likeness (QED) is 0.859. The molecule has 8 heteroatoms. The predicted molar refractivity (Wildman–Crippen MR) is 78.7 cm³/mol. The Morgan fingerprint density at radius 2 is 1.95 bits per heavy atom. The molecule has 1 fully saturated rings. The Hall–Kier alpha value is -0.920. The van der Waals surface area contributed by atoms with E-state index in [1.165, 1.54) is 24.3 Å². The molecule has 1 aromatic rings. The van der Waals surface area contributed by atoms with E-state index in [0.29, 0.717) is 18.7 Å². The van der Waals surface area contributed by atoms with Gasteiger partial charge in [0.25, 0.3) is 5.91 Å². The lowest BCUT2D eigenvalue weighted by atomic mass is 10.1. The molecule has 1 amide bonds. The van der Waals surface area contributed by atoms with Crippen LogP contribution in [0.3, 0.4) is 0 Å². The first-order chi connectivity index (χ1) is 9.40. The number of likely N-dealkylation sites (tertiary alicyclic amines) is 1. The molecule has 0 radical (unpaired) electrons. The van der Waals surface area contributed by atoms with Gasteiger partial charge in [0.15, 0.2) is 0 Å². The summed E-state index contributed by atoms with van der Waals surface area (Å²) in [4.78, 5) is 14.0. The maximum absolute atomic E-state index is 12.3. The summed E-state index contributed by atoms with van der Waals surface area (Å²) >= 11 is -0.186. The largest absolute Gasteiger partial charge is 0.446 e. The van der Waals surface area contributed by atoms with Crippen molar-refractivity contribution in [2.24, 2.45) is 5.73 Å². The second-order valence-corrected chi connectivity index (χ2v) is 5.74. The minimum atomic E-state index is -4.31. The summed E-state index contributed by atoms with van der Waals surface area (Å²) in [6.45, 7) is 1.06. The van der Waals surface area contributed by atoms with Crippen LogP contribution in [0, 0.1) is 0 Å². The number of thioether (sulfide) groups is 1. The predicted octanol–water partition coefficient (Wildman–Crippen LogP) is 3.28. The molecule has 0 saturated carbocycles. The van der Waals surface area contributed by atoms with Crippen LogP contribution in [-0.2, 0) is 0 Å². The topological polar surface area (TPSA) is 46.3 Å². The summed E-state index contributed by atoms with van der Waals surface area (Å²) in [6.07, 6.45) is 1.79. The standard InChI is InChI=1S/C13H15F3N2OS.ClH/c14-13(15,16)20-11-5-3-9(4-6-11)12(19)18-7-1-2-10(18)8-17;/h3-6,10H,1-2,7-8,17H2;1H. The van der Waals surface area contributed by atoms with Gasteiger partial charge in [0.2, 0.25) is 0 Å². The van der Waals surface area contributed by atoms with Gasteiger partial charge in [-0.2, -0.15) is 13.2 Å². The molecule has 2 rings (SSSR count). The van der Waals surface area contributed by atoms with Gasteiger partial charge in [0.05, 0.1) is 0 Å². The number of amides is 1. The molecular formula is C13H16ClF3N2OS. The van der Waals surface area contributed by atoms with Crippen molar-refractivity contribution < 1.29 is 18.0 Å². The molecule has 1 aliphatic rings. The van der Waals surface area contributed by atoms with Crippen molar-refractivity contribution in [3.05, 3.63) is 29.8 Å². The molecule has 0 aromatic heterocycles. The van der Waals surface area contributed by atoms with Gasteiger partial charge in [-0.3, -0.25) is 4.79 Å². The lowest BCUT2D eigenvalue weighted by molar-refractivity contribution is -0.0328. The van der Waals surface area contributed by atoms with Gasteiger partial charge in [-0.05, 0) is 48.9 Å². The highest BCUT2D eigenvalue weighted by Crippen LogP contribution is 2.36. The Morgan fingerprint density at radius 3 is 2.48 bits per heavy atom. The Kier molecular flexibility index (Phi) is 6.37. The monoisotopic (exact) mass is 340 g/mol. The van der Waals surface area contributed by atoms with Crippen molar-refractivity contribution in [2.45, 2.75) is 29.3 Å². The van der Waals surface area contributed by atoms with E-state index in [2.05, 4.69) is 0 Å². The number of rotatable bonds is 3. The molecule has 2 N–H and O–H groups in total. The molecule has 0 spiro atoms. The number of alkyl halides is 3. The minimum Gasteiger partial charge on any atom is -0.334 e. The van der Waals surface area contributed by atoms with Crippen LogP contribution in [-0.4, -0.2) is 35.4 Å². The summed E-state index contributed by atoms with van der Waals surface area (Å²) in [5, 5.41) is 0. The number of carbonyl (C=O) groups is 1. The number of nitrogens with two attached hydrogens (primary N) is 1. The normalized spacial score (nSPS) is 18.5. The lowest BCUT2D eigenvalue weighted by Crippen LogP contribution is -2.39. The van der Waals surface area contributed by atoms with Gasteiger partial charge in [-0.15, -0.1) is 12.4 Å². The molecule has 3 nitrogen and oxygen atoms in total. The van der Waals surface area contributed by atoms with Crippen LogP contribution in [0.1, 0.15) is 23.2 Å². The van der Waals surface area contributed by atoms with E-state index in [1.807, 2.05) is 0 Å². The third-order valence-corrected chi connectivity index (χ3v) is 3.98. The molecule has 1 aromatic carbocycles. The molecule has 1 saturated heterocycles. The third kappa shape index (κ3) is 4.79. The number of halogens is 4. The first kappa shape index (κ1) is 18.1. The second-order valence-electron chi connectivity index (χ2n) is 4.60. The summed E-state index contributed by atoms with van der Waals surface area (Å²) in [5.41, 5.74) is 1.70. The highest BCUT2D eigenvalue weighted by molar-refractivity contribution is 8.00. The molecule has 21 heavy (non-hydrogen) atoms. The van der Waals surface area contributed by atoms with Gasteiger partial charge >= 0.3 is 5.51 Å². The van der Waals surface area contributed by atoms with E-state index in [0.717, 1.165) is 12.8 Å². The summed E-state index contributed by atoms with van der Waals surface area (Å²) in [7, 11) is 0. The maximum Gasteiger partial charge on any atom is 0.446 e.